The third kappa shape index (κ3) is 2.26. The van der Waals surface area contributed by atoms with Crippen LogP contribution in [0.3, 0.4) is 0 Å². The zero-order valence-electron chi connectivity index (χ0n) is 11.0. The maximum atomic E-state index is 11.3. The molecule has 0 spiro atoms. The number of aryl methyl sites for hydroxylation is 2. The SMILES string of the molecule is COc1ccc2c(c(CCCN)cn2C)c1[N+](=O)[O-]. The molecule has 1 aromatic heterocycles. The lowest BCUT2D eigenvalue weighted by molar-refractivity contribution is -0.384. The number of hydrogen-bond acceptors (Lipinski definition) is 4. The summed E-state index contributed by atoms with van der Waals surface area (Å²) >= 11 is 0. The molecule has 6 nitrogen and oxygen atoms in total. The summed E-state index contributed by atoms with van der Waals surface area (Å²) in [5.41, 5.74) is 7.32. The van der Waals surface area contributed by atoms with E-state index in [0.29, 0.717) is 11.9 Å². The molecule has 1 heterocycles. The number of methoxy groups -OCH3 is 1. The van der Waals surface area contributed by atoms with Crippen LogP contribution in [-0.4, -0.2) is 23.1 Å². The number of rotatable bonds is 5. The smallest absolute Gasteiger partial charge is 0.320 e. The molecule has 0 amide bonds. The number of ether oxygens (including phenoxy) is 1. The van der Waals surface area contributed by atoms with Crippen molar-refractivity contribution in [3.63, 3.8) is 0 Å². The van der Waals surface area contributed by atoms with Crippen molar-refractivity contribution in [2.75, 3.05) is 13.7 Å². The van der Waals surface area contributed by atoms with Gasteiger partial charge in [-0.3, -0.25) is 10.1 Å². The van der Waals surface area contributed by atoms with Gasteiger partial charge in [-0.15, -0.1) is 0 Å². The largest absolute Gasteiger partial charge is 0.490 e. The van der Waals surface area contributed by atoms with Crippen molar-refractivity contribution >= 4 is 16.6 Å². The normalized spacial score (nSPS) is 10.9. The van der Waals surface area contributed by atoms with E-state index in [1.807, 2.05) is 23.9 Å². The first-order valence-corrected chi connectivity index (χ1v) is 6.09. The Bertz CT molecular complexity index is 619. The molecule has 0 aliphatic rings. The van der Waals surface area contributed by atoms with Crippen LogP contribution in [0.4, 0.5) is 5.69 Å². The molecular formula is C13H17N3O3. The van der Waals surface area contributed by atoms with Crippen molar-refractivity contribution in [3.05, 3.63) is 34.0 Å². The third-order valence-corrected chi connectivity index (χ3v) is 3.22. The lowest BCUT2D eigenvalue weighted by Crippen LogP contribution is -2.00. The molecule has 0 aliphatic heterocycles. The zero-order chi connectivity index (χ0) is 14.0. The Hall–Kier alpha value is -2.08. The first-order valence-electron chi connectivity index (χ1n) is 6.09. The number of benzene rings is 1. The van der Waals surface area contributed by atoms with Gasteiger partial charge in [-0.05, 0) is 37.1 Å². The molecule has 0 fully saturated rings. The summed E-state index contributed by atoms with van der Waals surface area (Å²) in [7, 11) is 3.32. The zero-order valence-corrected chi connectivity index (χ0v) is 11.0. The van der Waals surface area contributed by atoms with Crippen molar-refractivity contribution in [2.45, 2.75) is 12.8 Å². The highest BCUT2D eigenvalue weighted by atomic mass is 16.6. The minimum Gasteiger partial charge on any atom is -0.490 e. The van der Waals surface area contributed by atoms with E-state index in [9.17, 15) is 10.1 Å². The predicted octanol–water partition coefficient (Wildman–Crippen LogP) is 1.99. The highest BCUT2D eigenvalue weighted by molar-refractivity contribution is 5.95. The van der Waals surface area contributed by atoms with Crippen LogP contribution in [0, 0.1) is 10.1 Å². The predicted molar refractivity (Wildman–Crippen MR) is 73.5 cm³/mol. The Labute approximate surface area is 110 Å². The molecule has 0 unspecified atom stereocenters. The number of fused-ring (bicyclic) bond motifs is 1. The molecule has 0 bridgehead atoms. The molecule has 0 atom stereocenters. The highest BCUT2D eigenvalue weighted by Crippen LogP contribution is 2.38. The van der Waals surface area contributed by atoms with Gasteiger partial charge in [-0.2, -0.15) is 0 Å². The molecule has 19 heavy (non-hydrogen) atoms. The van der Waals surface area contributed by atoms with Crippen LogP contribution in [0.2, 0.25) is 0 Å². The van der Waals surface area contributed by atoms with E-state index in [4.69, 9.17) is 10.5 Å². The van der Waals surface area contributed by atoms with E-state index >= 15 is 0 Å². The van der Waals surface area contributed by atoms with E-state index in [1.54, 1.807) is 6.07 Å². The van der Waals surface area contributed by atoms with Crippen LogP contribution >= 0.6 is 0 Å². The first-order chi connectivity index (χ1) is 9.10. The summed E-state index contributed by atoms with van der Waals surface area (Å²) in [4.78, 5) is 10.9. The van der Waals surface area contributed by atoms with Crippen molar-refractivity contribution in [1.82, 2.24) is 4.57 Å². The maximum Gasteiger partial charge on any atom is 0.320 e. The molecule has 2 rings (SSSR count). The van der Waals surface area contributed by atoms with E-state index in [-0.39, 0.29) is 16.4 Å². The van der Waals surface area contributed by atoms with Gasteiger partial charge in [0.25, 0.3) is 0 Å². The fraction of sp³-hybridized carbons (Fsp3) is 0.385. The van der Waals surface area contributed by atoms with E-state index < -0.39 is 0 Å². The minimum atomic E-state index is -0.382. The molecule has 102 valence electrons. The third-order valence-electron chi connectivity index (χ3n) is 3.22. The molecule has 0 saturated heterocycles. The van der Waals surface area contributed by atoms with Gasteiger partial charge in [0.1, 0.15) is 0 Å². The van der Waals surface area contributed by atoms with Gasteiger partial charge < -0.3 is 15.0 Å². The Balaban J connectivity index is 2.73. The average Bonchev–Trinajstić information content (AvgIpc) is 2.71. The average molecular weight is 263 g/mol. The lowest BCUT2D eigenvalue weighted by atomic mass is 10.1. The van der Waals surface area contributed by atoms with Crippen LogP contribution in [0.25, 0.3) is 10.9 Å². The standard InChI is InChI=1S/C13H17N3O3/c1-15-8-9(4-3-7-14)12-10(15)5-6-11(19-2)13(12)16(17)18/h5-6,8H,3-4,7,14H2,1-2H3. The Morgan fingerprint density at radius 3 is 2.79 bits per heavy atom. The topological polar surface area (TPSA) is 83.3 Å². The fourth-order valence-corrected chi connectivity index (χ4v) is 2.37. The van der Waals surface area contributed by atoms with Crippen LogP contribution in [0.1, 0.15) is 12.0 Å². The number of nitrogens with zero attached hydrogens (tertiary/aromatic N) is 2. The second-order valence-corrected chi connectivity index (χ2v) is 4.43. The molecule has 2 aromatic rings. The van der Waals surface area contributed by atoms with Gasteiger partial charge in [0.2, 0.25) is 0 Å². The van der Waals surface area contributed by atoms with Crippen LogP contribution in [-0.2, 0) is 13.5 Å². The molecule has 2 N–H and O–H groups in total. The molecule has 6 heteroatoms. The number of hydrogen-bond donors (Lipinski definition) is 1. The van der Waals surface area contributed by atoms with Crippen LogP contribution in [0.15, 0.2) is 18.3 Å². The molecule has 0 radical (unpaired) electrons. The number of aromatic nitrogens is 1. The Morgan fingerprint density at radius 2 is 2.21 bits per heavy atom. The Kier molecular flexibility index (Phi) is 3.71. The molecule has 0 saturated carbocycles. The van der Waals surface area contributed by atoms with Gasteiger partial charge in [-0.1, -0.05) is 0 Å². The van der Waals surface area contributed by atoms with Crippen LogP contribution in [0.5, 0.6) is 5.75 Å². The Morgan fingerprint density at radius 1 is 1.47 bits per heavy atom. The summed E-state index contributed by atoms with van der Waals surface area (Å²) in [5.74, 6) is 0.290. The summed E-state index contributed by atoms with van der Waals surface area (Å²) in [6.07, 6.45) is 3.45. The van der Waals surface area contributed by atoms with Gasteiger partial charge in [0.15, 0.2) is 5.75 Å². The first kappa shape index (κ1) is 13.4. The number of nitro benzene ring substituents is 1. The van der Waals surface area contributed by atoms with E-state index in [2.05, 4.69) is 0 Å². The summed E-state index contributed by atoms with van der Waals surface area (Å²) in [6, 6.07) is 3.47. The highest BCUT2D eigenvalue weighted by Gasteiger charge is 2.23. The summed E-state index contributed by atoms with van der Waals surface area (Å²) in [6.45, 7) is 0.564. The lowest BCUT2D eigenvalue weighted by Gasteiger charge is -2.04. The van der Waals surface area contributed by atoms with Crippen molar-refractivity contribution in [2.24, 2.45) is 12.8 Å². The molecule has 0 aliphatic carbocycles. The monoisotopic (exact) mass is 263 g/mol. The van der Waals surface area contributed by atoms with E-state index in [1.165, 1.54) is 7.11 Å². The van der Waals surface area contributed by atoms with Gasteiger partial charge >= 0.3 is 5.69 Å². The fourth-order valence-electron chi connectivity index (χ4n) is 2.37. The van der Waals surface area contributed by atoms with Crippen LogP contribution < -0.4 is 10.5 Å². The molecule has 1 aromatic carbocycles. The van der Waals surface area contributed by atoms with Gasteiger partial charge in [-0.25, -0.2) is 0 Å². The number of nitro groups is 1. The van der Waals surface area contributed by atoms with Crippen molar-refractivity contribution < 1.29 is 9.66 Å². The molecular weight excluding hydrogens is 246 g/mol. The minimum absolute atomic E-state index is 0.0348. The second kappa shape index (κ2) is 5.27. The van der Waals surface area contributed by atoms with Gasteiger partial charge in [0, 0.05) is 13.2 Å². The van der Waals surface area contributed by atoms with E-state index in [0.717, 1.165) is 23.9 Å². The maximum absolute atomic E-state index is 11.3. The van der Waals surface area contributed by atoms with Gasteiger partial charge in [0.05, 0.1) is 22.9 Å². The van der Waals surface area contributed by atoms with Crippen molar-refractivity contribution in [1.29, 1.82) is 0 Å². The summed E-state index contributed by atoms with van der Waals surface area (Å²) in [5, 5.41) is 12.0. The second-order valence-electron chi connectivity index (χ2n) is 4.43. The summed E-state index contributed by atoms with van der Waals surface area (Å²) < 4.78 is 7.00. The number of nitrogens with two attached hydrogens (primary N) is 1. The quantitative estimate of drug-likeness (QED) is 0.660. The van der Waals surface area contributed by atoms with Crippen molar-refractivity contribution in [3.8, 4) is 5.75 Å².